The Balaban J connectivity index is 2.30. The number of aryl methyl sites for hydroxylation is 2. The molecule has 2 rings (SSSR count). The minimum atomic E-state index is 0.651. The van der Waals surface area contributed by atoms with Gasteiger partial charge in [0, 0.05) is 11.9 Å². The first-order valence-corrected chi connectivity index (χ1v) is 6.28. The first kappa shape index (κ1) is 12.7. The highest BCUT2D eigenvalue weighted by molar-refractivity contribution is 7.99. The highest BCUT2D eigenvalue weighted by atomic mass is 32.2. The van der Waals surface area contributed by atoms with E-state index in [4.69, 9.17) is 4.74 Å². The summed E-state index contributed by atoms with van der Waals surface area (Å²) in [4.78, 5) is 12.1. The zero-order valence-corrected chi connectivity index (χ0v) is 11.3. The molecule has 0 aliphatic rings. The first-order chi connectivity index (χ1) is 8.65. The van der Waals surface area contributed by atoms with Gasteiger partial charge in [-0.15, -0.1) is 0 Å². The predicted molar refractivity (Wildman–Crippen MR) is 70.4 cm³/mol. The van der Waals surface area contributed by atoms with E-state index in [0.717, 1.165) is 27.7 Å². The van der Waals surface area contributed by atoms with Gasteiger partial charge in [-0.25, -0.2) is 0 Å². The van der Waals surface area contributed by atoms with Crippen LogP contribution in [0.1, 0.15) is 16.1 Å². The monoisotopic (exact) mass is 262 g/mol. The van der Waals surface area contributed by atoms with Gasteiger partial charge in [0.1, 0.15) is 10.8 Å². The van der Waals surface area contributed by atoms with Crippen LogP contribution >= 0.6 is 11.8 Å². The molecule has 2 aromatic rings. The maximum atomic E-state index is 11.1. The SMILES string of the molecule is COc1ccc(Sc2c(C=O)c(C)nn2C)cc1. The van der Waals surface area contributed by atoms with E-state index in [-0.39, 0.29) is 0 Å². The number of aromatic nitrogens is 2. The molecule has 0 aliphatic carbocycles. The maximum absolute atomic E-state index is 11.1. The Morgan fingerprint density at radius 2 is 2.00 bits per heavy atom. The molecule has 1 heterocycles. The average molecular weight is 262 g/mol. The fourth-order valence-electron chi connectivity index (χ4n) is 1.67. The van der Waals surface area contributed by atoms with E-state index in [0.29, 0.717) is 5.56 Å². The van der Waals surface area contributed by atoms with Crippen molar-refractivity contribution in [3.05, 3.63) is 35.5 Å². The van der Waals surface area contributed by atoms with Crippen molar-refractivity contribution in [1.82, 2.24) is 9.78 Å². The minimum absolute atomic E-state index is 0.651. The molecule has 0 saturated heterocycles. The number of carbonyl (C=O) groups excluding carboxylic acids is 1. The summed E-state index contributed by atoms with van der Waals surface area (Å²) >= 11 is 1.52. The van der Waals surface area contributed by atoms with Crippen LogP contribution in [0.3, 0.4) is 0 Å². The fourth-order valence-corrected chi connectivity index (χ4v) is 2.64. The Morgan fingerprint density at radius 1 is 1.33 bits per heavy atom. The van der Waals surface area contributed by atoms with Crippen LogP contribution in [-0.4, -0.2) is 23.2 Å². The van der Waals surface area contributed by atoms with Crippen LogP contribution in [0.2, 0.25) is 0 Å². The van der Waals surface area contributed by atoms with E-state index in [9.17, 15) is 4.79 Å². The Bertz CT molecular complexity index is 561. The third-order valence-electron chi connectivity index (χ3n) is 2.61. The molecule has 4 nitrogen and oxygen atoms in total. The van der Waals surface area contributed by atoms with Crippen LogP contribution in [0.15, 0.2) is 34.2 Å². The van der Waals surface area contributed by atoms with E-state index >= 15 is 0 Å². The minimum Gasteiger partial charge on any atom is -0.497 e. The molecule has 5 heteroatoms. The molecule has 1 aromatic heterocycles. The van der Waals surface area contributed by atoms with Gasteiger partial charge in [0.05, 0.1) is 18.4 Å². The lowest BCUT2D eigenvalue weighted by Crippen LogP contribution is -1.93. The summed E-state index contributed by atoms with van der Waals surface area (Å²) in [6, 6.07) is 7.71. The Labute approximate surface area is 110 Å². The highest BCUT2D eigenvalue weighted by Gasteiger charge is 2.13. The van der Waals surface area contributed by atoms with Gasteiger partial charge in [-0.05, 0) is 31.2 Å². The van der Waals surface area contributed by atoms with E-state index in [2.05, 4.69) is 5.10 Å². The van der Waals surface area contributed by atoms with Crippen molar-refractivity contribution in [3.63, 3.8) is 0 Å². The number of hydrogen-bond donors (Lipinski definition) is 0. The Kier molecular flexibility index (Phi) is 3.72. The molecule has 0 spiro atoms. The second-order valence-electron chi connectivity index (χ2n) is 3.82. The summed E-state index contributed by atoms with van der Waals surface area (Å²) in [5.41, 5.74) is 1.40. The normalized spacial score (nSPS) is 10.4. The second kappa shape index (κ2) is 5.27. The van der Waals surface area contributed by atoms with Gasteiger partial charge >= 0.3 is 0 Å². The number of aldehydes is 1. The maximum Gasteiger partial charge on any atom is 0.154 e. The van der Waals surface area contributed by atoms with Gasteiger partial charge in [-0.1, -0.05) is 11.8 Å². The van der Waals surface area contributed by atoms with Gasteiger partial charge in [0.2, 0.25) is 0 Å². The molecular weight excluding hydrogens is 248 g/mol. The number of rotatable bonds is 4. The van der Waals surface area contributed by atoms with Gasteiger partial charge in [0.15, 0.2) is 6.29 Å². The molecule has 18 heavy (non-hydrogen) atoms. The topological polar surface area (TPSA) is 44.1 Å². The fraction of sp³-hybridized carbons (Fsp3) is 0.231. The third-order valence-corrected chi connectivity index (χ3v) is 3.79. The number of methoxy groups -OCH3 is 1. The second-order valence-corrected chi connectivity index (χ2v) is 4.89. The van der Waals surface area contributed by atoms with Crippen LogP contribution in [0.25, 0.3) is 0 Å². The van der Waals surface area contributed by atoms with E-state index < -0.39 is 0 Å². The molecule has 0 atom stereocenters. The summed E-state index contributed by atoms with van der Waals surface area (Å²) in [5, 5.41) is 5.11. The number of carbonyl (C=O) groups is 1. The quantitative estimate of drug-likeness (QED) is 0.795. The van der Waals surface area contributed by atoms with Crippen molar-refractivity contribution >= 4 is 18.0 Å². The van der Waals surface area contributed by atoms with E-state index in [1.54, 1.807) is 11.8 Å². The zero-order chi connectivity index (χ0) is 13.1. The summed E-state index contributed by atoms with van der Waals surface area (Å²) in [7, 11) is 3.48. The lowest BCUT2D eigenvalue weighted by Gasteiger charge is -2.04. The first-order valence-electron chi connectivity index (χ1n) is 5.46. The third kappa shape index (κ3) is 2.41. The predicted octanol–water partition coefficient (Wildman–Crippen LogP) is 2.70. The molecule has 0 N–H and O–H groups in total. The Hall–Kier alpha value is -1.75. The summed E-state index contributed by atoms with van der Waals surface area (Å²) in [6.45, 7) is 1.84. The number of ether oxygens (including phenoxy) is 1. The van der Waals surface area contributed by atoms with Crippen molar-refractivity contribution in [2.24, 2.45) is 7.05 Å². The lowest BCUT2D eigenvalue weighted by molar-refractivity contribution is 0.112. The Morgan fingerprint density at radius 3 is 2.56 bits per heavy atom. The van der Waals surface area contributed by atoms with E-state index in [1.165, 1.54) is 11.8 Å². The summed E-state index contributed by atoms with van der Waals surface area (Å²) in [5.74, 6) is 0.816. The van der Waals surface area contributed by atoms with Crippen molar-refractivity contribution < 1.29 is 9.53 Å². The van der Waals surface area contributed by atoms with Crippen molar-refractivity contribution in [2.75, 3.05) is 7.11 Å². The molecular formula is C13H14N2O2S. The van der Waals surface area contributed by atoms with Gasteiger partial charge < -0.3 is 4.74 Å². The standard InChI is InChI=1S/C13H14N2O2S/c1-9-12(8-16)13(15(2)14-9)18-11-6-4-10(17-3)5-7-11/h4-8H,1-3H3. The summed E-state index contributed by atoms with van der Waals surface area (Å²) < 4.78 is 6.84. The lowest BCUT2D eigenvalue weighted by atomic mass is 10.3. The van der Waals surface area contributed by atoms with Gasteiger partial charge in [-0.2, -0.15) is 5.10 Å². The van der Waals surface area contributed by atoms with Crippen molar-refractivity contribution in [3.8, 4) is 5.75 Å². The van der Waals surface area contributed by atoms with Crippen molar-refractivity contribution in [2.45, 2.75) is 16.8 Å². The molecule has 0 saturated carbocycles. The van der Waals surface area contributed by atoms with Crippen molar-refractivity contribution in [1.29, 1.82) is 0 Å². The average Bonchev–Trinajstić information content (AvgIpc) is 2.64. The van der Waals surface area contributed by atoms with Crippen LogP contribution in [0, 0.1) is 6.92 Å². The molecule has 0 aliphatic heterocycles. The molecule has 0 fully saturated rings. The molecule has 1 aromatic carbocycles. The number of benzene rings is 1. The van der Waals surface area contributed by atoms with E-state index in [1.807, 2.05) is 38.2 Å². The zero-order valence-electron chi connectivity index (χ0n) is 10.5. The van der Waals surface area contributed by atoms with Gasteiger partial charge in [0.25, 0.3) is 0 Å². The summed E-state index contributed by atoms with van der Waals surface area (Å²) in [6.07, 6.45) is 0.855. The van der Waals surface area contributed by atoms with Crippen LogP contribution in [-0.2, 0) is 7.05 Å². The van der Waals surface area contributed by atoms with Gasteiger partial charge in [-0.3, -0.25) is 9.48 Å². The van der Waals surface area contributed by atoms with Crippen LogP contribution in [0.4, 0.5) is 0 Å². The van der Waals surface area contributed by atoms with Crippen LogP contribution in [0.5, 0.6) is 5.75 Å². The molecule has 0 unspecified atom stereocenters. The largest absolute Gasteiger partial charge is 0.497 e. The number of hydrogen-bond acceptors (Lipinski definition) is 4. The molecule has 0 radical (unpaired) electrons. The van der Waals surface area contributed by atoms with Crippen LogP contribution < -0.4 is 4.74 Å². The molecule has 0 bridgehead atoms. The smallest absolute Gasteiger partial charge is 0.154 e. The molecule has 0 amide bonds. The number of nitrogens with zero attached hydrogens (tertiary/aromatic N) is 2. The molecule has 94 valence electrons. The highest BCUT2D eigenvalue weighted by Crippen LogP contribution is 2.31.